The van der Waals surface area contributed by atoms with Crippen LogP contribution in [0.4, 0.5) is 37.5 Å². The standard InChI is InChI=1S/C24H28F2N6O2.C11H13N3O2/c1-2-27-23(33)16-11-18(26)21(12-17(16)25)31-8-6-30(7-9-31)14-15-10-19-22(28-13-15)32-5-3-4-20(32)24(34)29-19;15-6-7-4-8-10(12-5-7)14-3-1-2-9(14)11(16)13-8/h10-13,20H,2-9,14H2,1H3,(H,27,33)(H,29,34);4-5,9,15H,1-3,6H2,(H,13,16)/t20-;9-/m00/s1. The predicted octanol–water partition coefficient (Wildman–Crippen LogP) is 2.85. The molecule has 0 spiro atoms. The molecule has 0 saturated carbocycles. The summed E-state index contributed by atoms with van der Waals surface area (Å²) in [4.78, 5) is 53.2. The minimum atomic E-state index is -0.729. The number of nitrogens with zero attached hydrogens (tertiary/aromatic N) is 6. The molecule has 1 aromatic carbocycles. The average Bonchev–Trinajstić information content (AvgIpc) is 3.82. The summed E-state index contributed by atoms with van der Waals surface area (Å²) in [5.74, 6) is -0.209. The van der Waals surface area contributed by atoms with Crippen molar-refractivity contribution in [1.82, 2.24) is 20.2 Å². The summed E-state index contributed by atoms with van der Waals surface area (Å²) in [6, 6.07) is 5.68. The smallest absolute Gasteiger partial charge is 0.254 e. The lowest BCUT2D eigenvalue weighted by Gasteiger charge is -2.36. The average molecular weight is 690 g/mol. The van der Waals surface area contributed by atoms with Gasteiger partial charge in [-0.1, -0.05) is 0 Å². The summed E-state index contributed by atoms with van der Waals surface area (Å²) in [5, 5.41) is 17.4. The lowest BCUT2D eigenvalue weighted by atomic mass is 10.1. The highest BCUT2D eigenvalue weighted by atomic mass is 19.1. The van der Waals surface area contributed by atoms with Crippen LogP contribution in [0.5, 0.6) is 0 Å². The fourth-order valence-electron chi connectivity index (χ4n) is 7.45. The van der Waals surface area contributed by atoms with E-state index in [9.17, 15) is 23.2 Å². The second-order valence-corrected chi connectivity index (χ2v) is 13.2. The fraction of sp³-hybridized carbons (Fsp3) is 0.457. The van der Waals surface area contributed by atoms with E-state index in [1.165, 1.54) is 0 Å². The van der Waals surface area contributed by atoms with Gasteiger partial charge < -0.3 is 35.8 Å². The first-order valence-corrected chi connectivity index (χ1v) is 17.2. The molecular formula is C35H41F2N9O4. The zero-order chi connectivity index (χ0) is 34.9. The van der Waals surface area contributed by atoms with Crippen LogP contribution in [0.25, 0.3) is 0 Å². The molecule has 13 nitrogen and oxygen atoms in total. The van der Waals surface area contributed by atoms with Gasteiger partial charge in [-0.2, -0.15) is 0 Å². The van der Waals surface area contributed by atoms with Crippen molar-refractivity contribution in [3.8, 4) is 0 Å². The SMILES string of the molecule is CCNC(=O)c1cc(F)c(N2CCN(Cc3cnc4c(c3)NC(=O)[C@@H]3CCCN43)CC2)cc1F.O=C1Nc2cc(CO)cnc2N2CCC[C@@H]12. The number of benzene rings is 1. The molecule has 264 valence electrons. The summed E-state index contributed by atoms with van der Waals surface area (Å²) >= 11 is 0. The topological polar surface area (TPSA) is 146 Å². The third-order valence-corrected chi connectivity index (χ3v) is 9.94. The van der Waals surface area contributed by atoms with Crippen LogP contribution in [0, 0.1) is 11.6 Å². The molecule has 7 heterocycles. The number of pyridine rings is 2. The van der Waals surface area contributed by atoms with Crippen LogP contribution in [0.1, 0.15) is 54.1 Å². The van der Waals surface area contributed by atoms with Crippen LogP contribution >= 0.6 is 0 Å². The van der Waals surface area contributed by atoms with Crippen molar-refractivity contribution in [3.05, 3.63) is 65.0 Å². The number of amides is 3. The Morgan fingerprint density at radius 2 is 1.42 bits per heavy atom. The van der Waals surface area contributed by atoms with Crippen molar-refractivity contribution >= 4 is 46.4 Å². The van der Waals surface area contributed by atoms with Gasteiger partial charge in [0.15, 0.2) is 11.6 Å². The number of rotatable bonds is 6. The number of halogens is 2. The van der Waals surface area contributed by atoms with Gasteiger partial charge in [-0.15, -0.1) is 0 Å². The number of fused-ring (bicyclic) bond motifs is 6. The van der Waals surface area contributed by atoms with Gasteiger partial charge >= 0.3 is 0 Å². The largest absolute Gasteiger partial charge is 0.392 e. The van der Waals surface area contributed by atoms with Crippen LogP contribution in [-0.2, 0) is 22.7 Å². The summed E-state index contributed by atoms with van der Waals surface area (Å²) in [6.45, 7) is 6.78. The van der Waals surface area contributed by atoms with Crippen molar-refractivity contribution in [2.75, 3.05) is 71.1 Å². The molecule has 50 heavy (non-hydrogen) atoms. The summed E-state index contributed by atoms with van der Waals surface area (Å²) in [6.07, 6.45) is 7.29. The van der Waals surface area contributed by atoms with Crippen molar-refractivity contribution in [1.29, 1.82) is 0 Å². The molecule has 0 unspecified atom stereocenters. The molecule has 3 saturated heterocycles. The van der Waals surface area contributed by atoms with Crippen molar-refractivity contribution in [3.63, 3.8) is 0 Å². The Bertz CT molecular complexity index is 1800. The fourth-order valence-corrected chi connectivity index (χ4v) is 7.45. The molecule has 2 atom stereocenters. The van der Waals surface area contributed by atoms with E-state index in [2.05, 4.69) is 40.6 Å². The number of carbonyl (C=O) groups is 3. The molecule has 3 amide bonds. The third-order valence-electron chi connectivity index (χ3n) is 9.94. The second-order valence-electron chi connectivity index (χ2n) is 13.2. The van der Waals surface area contributed by atoms with Gasteiger partial charge in [-0.3, -0.25) is 19.3 Å². The summed E-state index contributed by atoms with van der Waals surface area (Å²) in [7, 11) is 0. The minimum absolute atomic E-state index is 0.0324. The molecule has 3 fully saturated rings. The van der Waals surface area contributed by atoms with E-state index < -0.39 is 17.5 Å². The molecule has 2 aromatic heterocycles. The van der Waals surface area contributed by atoms with Crippen LogP contribution in [0.2, 0.25) is 0 Å². The molecule has 0 radical (unpaired) electrons. The van der Waals surface area contributed by atoms with Gasteiger partial charge in [0, 0.05) is 70.8 Å². The van der Waals surface area contributed by atoms with Gasteiger partial charge in [-0.25, -0.2) is 18.7 Å². The Balaban J connectivity index is 0.000000203. The van der Waals surface area contributed by atoms with Gasteiger partial charge in [0.1, 0.15) is 23.7 Å². The quantitative estimate of drug-likeness (QED) is 0.305. The number of hydrogen-bond donors (Lipinski definition) is 4. The Labute approximate surface area is 288 Å². The molecule has 0 aliphatic carbocycles. The third kappa shape index (κ3) is 6.54. The second kappa shape index (κ2) is 14.2. The lowest BCUT2D eigenvalue weighted by molar-refractivity contribution is -0.118. The highest BCUT2D eigenvalue weighted by Crippen LogP contribution is 2.36. The van der Waals surface area contributed by atoms with Gasteiger partial charge in [0.05, 0.1) is 29.2 Å². The number of hydrogen-bond acceptors (Lipinski definition) is 10. The Hall–Kier alpha value is -4.89. The van der Waals surface area contributed by atoms with Crippen molar-refractivity contribution in [2.45, 2.75) is 57.8 Å². The first-order valence-electron chi connectivity index (χ1n) is 17.2. The molecule has 3 aromatic rings. The Kier molecular flexibility index (Phi) is 9.51. The molecule has 8 rings (SSSR count). The number of piperazine rings is 1. The number of aromatic nitrogens is 2. The first kappa shape index (κ1) is 33.6. The van der Waals surface area contributed by atoms with E-state index in [-0.39, 0.29) is 41.8 Å². The van der Waals surface area contributed by atoms with Crippen LogP contribution in [-0.4, -0.2) is 95.6 Å². The number of anilines is 5. The summed E-state index contributed by atoms with van der Waals surface area (Å²) < 4.78 is 29.2. The lowest BCUT2D eigenvalue weighted by Crippen LogP contribution is -2.46. The number of carbonyl (C=O) groups excluding carboxylic acids is 3. The maximum Gasteiger partial charge on any atom is 0.254 e. The highest BCUT2D eigenvalue weighted by Gasteiger charge is 2.38. The van der Waals surface area contributed by atoms with E-state index in [0.29, 0.717) is 39.3 Å². The molecule has 0 bridgehead atoms. The van der Waals surface area contributed by atoms with E-state index in [1.807, 2.05) is 12.3 Å². The van der Waals surface area contributed by atoms with E-state index in [0.717, 1.165) is 85.0 Å². The van der Waals surface area contributed by atoms with Crippen LogP contribution < -0.4 is 30.7 Å². The molecule has 4 N–H and O–H groups in total. The Morgan fingerprint density at radius 1 is 0.840 bits per heavy atom. The zero-order valence-electron chi connectivity index (χ0n) is 27.9. The Morgan fingerprint density at radius 3 is 2.00 bits per heavy atom. The highest BCUT2D eigenvalue weighted by molar-refractivity contribution is 6.04. The van der Waals surface area contributed by atoms with Gasteiger partial charge in [0.25, 0.3) is 5.91 Å². The number of aliphatic hydroxyl groups is 1. The van der Waals surface area contributed by atoms with Crippen molar-refractivity contribution in [2.24, 2.45) is 0 Å². The minimum Gasteiger partial charge on any atom is -0.392 e. The molecule has 5 aliphatic rings. The maximum absolute atomic E-state index is 14.7. The van der Waals surface area contributed by atoms with Crippen LogP contribution in [0.15, 0.2) is 36.7 Å². The van der Waals surface area contributed by atoms with Gasteiger partial charge in [-0.05, 0) is 61.9 Å². The van der Waals surface area contributed by atoms with Crippen LogP contribution in [0.3, 0.4) is 0 Å². The van der Waals surface area contributed by atoms with E-state index >= 15 is 0 Å². The molecular weight excluding hydrogens is 648 g/mol. The van der Waals surface area contributed by atoms with Crippen molar-refractivity contribution < 1.29 is 28.3 Å². The van der Waals surface area contributed by atoms with E-state index in [4.69, 9.17) is 5.11 Å². The molecule has 5 aliphatic heterocycles. The number of aliphatic hydroxyl groups excluding tert-OH is 1. The van der Waals surface area contributed by atoms with E-state index in [1.54, 1.807) is 24.1 Å². The van der Waals surface area contributed by atoms with Gasteiger partial charge in [0.2, 0.25) is 11.8 Å². The zero-order valence-corrected chi connectivity index (χ0v) is 27.9. The summed E-state index contributed by atoms with van der Waals surface area (Å²) in [5.41, 5.74) is 3.07. The first-order chi connectivity index (χ1) is 24.2. The number of nitrogens with one attached hydrogen (secondary N) is 3. The normalized spacial score (nSPS) is 20.9. The monoisotopic (exact) mass is 689 g/mol. The predicted molar refractivity (Wildman–Crippen MR) is 184 cm³/mol. The maximum atomic E-state index is 14.7. The molecule has 15 heteroatoms.